The van der Waals surface area contributed by atoms with E-state index in [4.69, 9.17) is 11.6 Å². The van der Waals surface area contributed by atoms with E-state index < -0.39 is 144 Å². The molecule has 0 aliphatic heterocycles. The largest absolute Gasteiger partial charge is 0.293 e. The zero-order chi connectivity index (χ0) is 46.4. The normalized spacial score (nSPS) is 11.5. The molecule has 0 amide bonds. The van der Waals surface area contributed by atoms with Crippen LogP contribution in [0, 0.1) is 116 Å². The first-order valence-corrected chi connectivity index (χ1v) is 16.9. The average molecular weight is 926 g/mol. The number of hydrogen-bond donors (Lipinski definition) is 0. The Balaban J connectivity index is 0.000000355. The highest BCUT2D eigenvalue weighted by atomic mass is 35.5. The molecule has 0 unspecified atom stereocenters. The van der Waals surface area contributed by atoms with Crippen molar-refractivity contribution in [2.75, 3.05) is 5.88 Å². The molecule has 5 aromatic carbocycles. The Bertz CT molecular complexity index is 2390. The lowest BCUT2D eigenvalue weighted by molar-refractivity contribution is -0.688. The first-order chi connectivity index (χ1) is 29.0. The van der Waals surface area contributed by atoms with Gasteiger partial charge in [-0.05, 0) is 0 Å². The van der Waals surface area contributed by atoms with Gasteiger partial charge in [0, 0.05) is 23.3 Å². The molecule has 0 saturated heterocycles. The Labute approximate surface area is 337 Å². The van der Waals surface area contributed by atoms with Crippen molar-refractivity contribution >= 4 is 45.4 Å². The fourth-order valence-electron chi connectivity index (χ4n) is 6.49. The summed E-state index contributed by atoms with van der Waals surface area (Å²) in [4.78, 5) is 11.3. The number of halogens is 21. The van der Waals surface area contributed by atoms with Gasteiger partial charge < -0.3 is 0 Å². The van der Waals surface area contributed by atoms with Crippen LogP contribution in [0.3, 0.4) is 0 Å². The van der Waals surface area contributed by atoms with Crippen LogP contribution in [0.15, 0.2) is 54.9 Å². The minimum absolute atomic E-state index is 0.0305. The van der Waals surface area contributed by atoms with Crippen molar-refractivity contribution in [2.24, 2.45) is 0 Å². The van der Waals surface area contributed by atoms with Gasteiger partial charge in [-0.15, -0.1) is 33.5 Å². The van der Waals surface area contributed by atoms with E-state index in [1.54, 1.807) is 12.1 Å². The summed E-state index contributed by atoms with van der Waals surface area (Å²) in [7, 11) is 0. The van der Waals surface area contributed by atoms with Crippen LogP contribution < -0.4 is 26.4 Å². The Morgan fingerprint density at radius 2 is 0.629 bits per heavy atom. The lowest BCUT2D eigenvalue weighted by atomic mass is 9.12. The predicted molar refractivity (Wildman–Crippen MR) is 176 cm³/mol. The molecule has 6 aromatic rings. The SMILES string of the molecule is Fc1c(F)c(F)c([B-](c2c(F)c(F)c(F)c(F)c2F)(c2c(F)c(F)c(F)c(F)c2F)c2c(F)c(F)c(F)c(F)c2F)c(F)c1F.O=C(CCl)c1cc[n+](Cc2ccccc2)cc1. The van der Waals surface area contributed by atoms with Gasteiger partial charge in [0.25, 0.3) is 0 Å². The van der Waals surface area contributed by atoms with Crippen molar-refractivity contribution < 1.29 is 97.2 Å². The molecule has 0 aliphatic carbocycles. The van der Waals surface area contributed by atoms with Crippen molar-refractivity contribution in [1.29, 1.82) is 0 Å². The molecule has 2 nitrogen and oxygen atoms in total. The summed E-state index contributed by atoms with van der Waals surface area (Å²) in [5.74, 6) is -71.4. The number of aromatic nitrogens is 1. The monoisotopic (exact) mass is 925 g/mol. The molecule has 24 heteroatoms. The summed E-state index contributed by atoms with van der Waals surface area (Å²) in [6.07, 6.45) is -3.43. The van der Waals surface area contributed by atoms with Crippen molar-refractivity contribution in [3.05, 3.63) is 182 Å². The van der Waals surface area contributed by atoms with Crippen LogP contribution in [-0.4, -0.2) is 17.8 Å². The van der Waals surface area contributed by atoms with E-state index >= 15 is 35.1 Å². The predicted octanol–water partition coefficient (Wildman–Crippen LogP) is 8.29. The van der Waals surface area contributed by atoms with E-state index in [2.05, 4.69) is 12.1 Å². The summed E-state index contributed by atoms with van der Waals surface area (Å²) < 4.78 is 296. The van der Waals surface area contributed by atoms with E-state index in [0.29, 0.717) is 5.56 Å². The number of Topliss-reactive ketones (excluding diaryl/α,β-unsaturated/α-hetero) is 1. The van der Waals surface area contributed by atoms with Gasteiger partial charge in [0.1, 0.15) is 52.7 Å². The number of carbonyl (C=O) groups excluding carboxylic acids is 1. The summed E-state index contributed by atoms with van der Waals surface area (Å²) in [5.41, 5.74) is -12.4. The minimum atomic E-state index is -7.22. The number of alkyl halides is 1. The van der Waals surface area contributed by atoms with Crippen molar-refractivity contribution in [3.8, 4) is 0 Å². The first-order valence-electron chi connectivity index (χ1n) is 16.4. The average Bonchev–Trinajstić information content (AvgIpc) is 3.26. The Morgan fingerprint density at radius 1 is 0.387 bits per heavy atom. The van der Waals surface area contributed by atoms with E-state index in [1.807, 2.05) is 35.2 Å². The third-order valence-electron chi connectivity index (χ3n) is 9.25. The number of carbonyl (C=O) groups is 1. The number of hydrogen-bond acceptors (Lipinski definition) is 1. The molecule has 0 N–H and O–H groups in total. The van der Waals surface area contributed by atoms with Crippen LogP contribution in [0.4, 0.5) is 87.8 Å². The van der Waals surface area contributed by atoms with Gasteiger partial charge >= 0.3 is 0 Å². The Hall–Kier alpha value is -6.13. The number of benzene rings is 5. The Kier molecular flexibility index (Phi) is 13.4. The van der Waals surface area contributed by atoms with Crippen LogP contribution in [-0.2, 0) is 6.54 Å². The van der Waals surface area contributed by atoms with E-state index in [-0.39, 0.29) is 11.7 Å². The van der Waals surface area contributed by atoms with Gasteiger partial charge in [-0.1, -0.05) is 30.3 Å². The highest BCUT2D eigenvalue weighted by molar-refractivity contribution is 7.20. The zero-order valence-electron chi connectivity index (χ0n) is 29.5. The molecule has 0 spiro atoms. The second-order valence-corrected chi connectivity index (χ2v) is 12.9. The smallest absolute Gasteiger partial charge is 0.200 e. The molecule has 0 aliphatic rings. The van der Waals surface area contributed by atoms with Crippen LogP contribution in [0.1, 0.15) is 15.9 Å². The summed E-state index contributed by atoms with van der Waals surface area (Å²) >= 11 is 5.50. The highest BCUT2D eigenvalue weighted by Crippen LogP contribution is 2.30. The van der Waals surface area contributed by atoms with E-state index in [9.17, 15) is 57.5 Å². The summed E-state index contributed by atoms with van der Waals surface area (Å²) in [5, 5.41) is 0. The lowest BCUT2D eigenvalue weighted by Gasteiger charge is -2.44. The minimum Gasteiger partial charge on any atom is -0.293 e. The lowest BCUT2D eigenvalue weighted by Crippen LogP contribution is -2.81. The van der Waals surface area contributed by atoms with E-state index in [0.717, 1.165) is 6.54 Å². The quantitative estimate of drug-likeness (QED) is 0.0287. The maximum Gasteiger partial charge on any atom is 0.200 e. The number of ketones is 1. The maximum atomic E-state index is 15.4. The zero-order valence-corrected chi connectivity index (χ0v) is 30.2. The molecular formula is C38H13BClF20NO. The second-order valence-electron chi connectivity index (χ2n) is 12.6. The molecule has 1 aromatic heterocycles. The van der Waals surface area contributed by atoms with Gasteiger partial charge in [0.05, 0.1) is 5.88 Å². The first kappa shape index (κ1) is 46.9. The van der Waals surface area contributed by atoms with Crippen LogP contribution in [0.2, 0.25) is 0 Å². The molecule has 1 heterocycles. The molecule has 326 valence electrons. The molecule has 0 atom stereocenters. The van der Waals surface area contributed by atoms with Crippen LogP contribution >= 0.6 is 11.6 Å². The fourth-order valence-corrected chi connectivity index (χ4v) is 6.65. The van der Waals surface area contributed by atoms with Crippen LogP contribution in [0.25, 0.3) is 0 Å². The molecule has 0 bridgehead atoms. The molecule has 0 saturated carbocycles. The third-order valence-corrected chi connectivity index (χ3v) is 9.49. The molecule has 62 heavy (non-hydrogen) atoms. The second kappa shape index (κ2) is 17.7. The molecular weight excluding hydrogens is 913 g/mol. The van der Waals surface area contributed by atoms with E-state index in [1.165, 1.54) is 5.56 Å². The van der Waals surface area contributed by atoms with Crippen molar-refractivity contribution in [2.45, 2.75) is 6.54 Å². The van der Waals surface area contributed by atoms with Crippen molar-refractivity contribution in [1.82, 2.24) is 0 Å². The van der Waals surface area contributed by atoms with Crippen LogP contribution in [0.5, 0.6) is 0 Å². The highest BCUT2D eigenvalue weighted by Gasteiger charge is 2.52. The van der Waals surface area contributed by atoms with Gasteiger partial charge in [0.15, 0.2) is 94.5 Å². The summed E-state index contributed by atoms with van der Waals surface area (Å²) in [6, 6.07) is 13.8. The standard InChI is InChI=1S/C24BF20.C14H13ClNO/c26-5-1(6(27)14(35)21(42)13(5)34)25(2-7(28)15(36)22(43)16(37)8(2)29,3-9(30)17(38)23(44)18(39)10(3)31)4-11(32)19(40)24(45)20(41)12(4)33;15-10-14(17)13-6-8-16(9-7-13)11-12-4-2-1-3-5-12/h;1-9H,10-11H2/q-1;+1. The fraction of sp³-hybridized carbons (Fsp3) is 0.0526. The maximum absolute atomic E-state index is 15.4. The van der Waals surface area contributed by atoms with Gasteiger partial charge in [-0.25, -0.2) is 92.4 Å². The van der Waals surface area contributed by atoms with Gasteiger partial charge in [0.2, 0.25) is 0 Å². The number of rotatable bonds is 8. The molecule has 6 rings (SSSR count). The molecule has 0 radical (unpaired) electrons. The topological polar surface area (TPSA) is 20.9 Å². The Morgan fingerprint density at radius 3 is 0.871 bits per heavy atom. The number of pyridine rings is 1. The molecule has 0 fully saturated rings. The summed E-state index contributed by atoms with van der Waals surface area (Å²) in [6.45, 7) is 0.802. The van der Waals surface area contributed by atoms with Crippen molar-refractivity contribution in [3.63, 3.8) is 0 Å². The van der Waals surface area contributed by atoms with Gasteiger partial charge in [-0.3, -0.25) is 4.79 Å². The third kappa shape index (κ3) is 7.48. The van der Waals surface area contributed by atoms with Gasteiger partial charge in [-0.2, -0.15) is 0 Å². The number of nitrogens with zero attached hydrogens (tertiary/aromatic N) is 1.